The molecule has 0 atom stereocenters. The molecular weight excluding hydrogens is 256 g/mol. The van der Waals surface area contributed by atoms with Gasteiger partial charge < -0.3 is 14.2 Å². The Morgan fingerprint density at radius 3 is 2.60 bits per heavy atom. The largest absolute Gasteiger partial charge is 0.461 e. The van der Waals surface area contributed by atoms with Crippen LogP contribution in [0.3, 0.4) is 0 Å². The Balaban J connectivity index is 1.78. The van der Waals surface area contributed by atoms with E-state index in [1.54, 1.807) is 6.08 Å². The van der Waals surface area contributed by atoms with Crippen LogP contribution in [0.4, 0.5) is 0 Å². The summed E-state index contributed by atoms with van der Waals surface area (Å²) in [4.78, 5) is 11.5. The standard InChI is InChI=1S/C16H24O4/c1-3-4-5-15(17)18-12-13(2)14-6-8-16(9-7-14)19-10-11-20-16/h3H,1,4-12H2,2H3. The quantitative estimate of drug-likeness (QED) is 0.573. The van der Waals surface area contributed by atoms with E-state index < -0.39 is 0 Å². The molecular formula is C16H24O4. The number of ether oxygens (including phenoxy) is 3. The van der Waals surface area contributed by atoms with Crippen LogP contribution < -0.4 is 0 Å². The van der Waals surface area contributed by atoms with Crippen LogP contribution in [0.25, 0.3) is 0 Å². The van der Waals surface area contributed by atoms with E-state index in [-0.39, 0.29) is 11.8 Å². The van der Waals surface area contributed by atoms with Gasteiger partial charge in [-0.25, -0.2) is 0 Å². The van der Waals surface area contributed by atoms with Gasteiger partial charge in [-0.2, -0.15) is 0 Å². The van der Waals surface area contributed by atoms with Gasteiger partial charge in [0.2, 0.25) is 0 Å². The molecule has 0 radical (unpaired) electrons. The second-order valence-electron chi connectivity index (χ2n) is 5.48. The first kappa shape index (κ1) is 15.3. The molecule has 4 nitrogen and oxygen atoms in total. The first-order valence-corrected chi connectivity index (χ1v) is 7.37. The van der Waals surface area contributed by atoms with E-state index in [1.165, 1.54) is 11.1 Å². The van der Waals surface area contributed by atoms with Gasteiger partial charge in [-0.15, -0.1) is 6.58 Å². The average molecular weight is 280 g/mol. The van der Waals surface area contributed by atoms with Gasteiger partial charge >= 0.3 is 5.97 Å². The maximum atomic E-state index is 11.5. The minimum Gasteiger partial charge on any atom is -0.461 e. The van der Waals surface area contributed by atoms with Crippen LogP contribution in [0.2, 0.25) is 0 Å². The number of carbonyl (C=O) groups is 1. The van der Waals surface area contributed by atoms with Gasteiger partial charge in [0.05, 0.1) is 13.2 Å². The van der Waals surface area contributed by atoms with Crippen LogP contribution in [-0.2, 0) is 19.0 Å². The van der Waals surface area contributed by atoms with Crippen molar-refractivity contribution in [3.63, 3.8) is 0 Å². The van der Waals surface area contributed by atoms with Crippen molar-refractivity contribution in [3.05, 3.63) is 23.8 Å². The highest BCUT2D eigenvalue weighted by Crippen LogP contribution is 2.38. The molecule has 1 saturated heterocycles. The van der Waals surface area contributed by atoms with Gasteiger partial charge in [-0.05, 0) is 31.8 Å². The highest BCUT2D eigenvalue weighted by molar-refractivity contribution is 5.69. The zero-order valence-electron chi connectivity index (χ0n) is 12.3. The molecule has 1 aliphatic heterocycles. The molecule has 0 aromatic carbocycles. The summed E-state index contributed by atoms with van der Waals surface area (Å²) in [6.45, 7) is 7.46. The summed E-state index contributed by atoms with van der Waals surface area (Å²) in [6, 6.07) is 0. The van der Waals surface area contributed by atoms with Gasteiger partial charge in [-0.1, -0.05) is 11.6 Å². The third kappa shape index (κ3) is 3.93. The van der Waals surface area contributed by atoms with Crippen molar-refractivity contribution in [2.75, 3.05) is 19.8 Å². The number of hydrogen-bond donors (Lipinski definition) is 0. The first-order valence-electron chi connectivity index (χ1n) is 7.37. The number of esters is 1. The second-order valence-corrected chi connectivity index (χ2v) is 5.48. The van der Waals surface area contributed by atoms with Gasteiger partial charge in [-0.3, -0.25) is 4.79 Å². The molecule has 4 heteroatoms. The summed E-state index contributed by atoms with van der Waals surface area (Å²) in [5.74, 6) is -0.482. The second kappa shape index (κ2) is 7.04. The van der Waals surface area contributed by atoms with Crippen molar-refractivity contribution >= 4 is 5.97 Å². The summed E-state index contributed by atoms with van der Waals surface area (Å²) in [6.07, 6.45) is 6.57. The molecule has 0 aromatic heterocycles. The summed E-state index contributed by atoms with van der Waals surface area (Å²) < 4.78 is 16.7. The van der Waals surface area contributed by atoms with Crippen LogP contribution in [0.15, 0.2) is 23.8 Å². The molecule has 0 amide bonds. The molecule has 2 fully saturated rings. The molecule has 0 unspecified atom stereocenters. The summed E-state index contributed by atoms with van der Waals surface area (Å²) in [5.41, 5.74) is 2.55. The summed E-state index contributed by atoms with van der Waals surface area (Å²) in [7, 11) is 0. The van der Waals surface area contributed by atoms with E-state index in [4.69, 9.17) is 14.2 Å². The number of rotatable bonds is 5. The SMILES string of the molecule is C=CCCC(=O)OCC(C)=C1CCC2(CC1)OCCO2. The zero-order valence-corrected chi connectivity index (χ0v) is 12.3. The minimum atomic E-state index is -0.329. The zero-order chi connectivity index (χ0) is 14.4. The fourth-order valence-electron chi connectivity index (χ4n) is 2.73. The van der Waals surface area contributed by atoms with Crippen LogP contribution in [0.5, 0.6) is 0 Å². The Hall–Kier alpha value is -1.13. The molecule has 2 rings (SSSR count). The number of allylic oxidation sites excluding steroid dienone is 2. The first-order chi connectivity index (χ1) is 9.65. The van der Waals surface area contributed by atoms with Crippen LogP contribution in [0, 0.1) is 0 Å². The Labute approximate surface area is 120 Å². The Morgan fingerprint density at radius 2 is 2.00 bits per heavy atom. The lowest BCUT2D eigenvalue weighted by Gasteiger charge is -2.33. The topological polar surface area (TPSA) is 44.8 Å². The predicted octanol–water partition coefficient (Wildman–Crippen LogP) is 3.13. The Morgan fingerprint density at radius 1 is 1.35 bits per heavy atom. The van der Waals surface area contributed by atoms with E-state index in [0.29, 0.717) is 32.7 Å². The lowest BCUT2D eigenvalue weighted by molar-refractivity contribution is -0.171. The van der Waals surface area contributed by atoms with E-state index in [2.05, 4.69) is 6.58 Å². The molecule has 0 bridgehead atoms. The van der Waals surface area contributed by atoms with Crippen LogP contribution >= 0.6 is 0 Å². The highest BCUT2D eigenvalue weighted by Gasteiger charge is 2.39. The van der Waals surface area contributed by atoms with Crippen LogP contribution in [0.1, 0.15) is 45.4 Å². The Bertz CT molecular complexity index is 379. The number of hydrogen-bond acceptors (Lipinski definition) is 4. The van der Waals surface area contributed by atoms with E-state index in [1.807, 2.05) is 6.92 Å². The highest BCUT2D eigenvalue weighted by atomic mass is 16.7. The smallest absolute Gasteiger partial charge is 0.306 e. The third-order valence-electron chi connectivity index (χ3n) is 4.03. The molecule has 2 aliphatic rings. The van der Waals surface area contributed by atoms with Crippen molar-refractivity contribution in [3.8, 4) is 0 Å². The van der Waals surface area contributed by atoms with Gasteiger partial charge in [0.15, 0.2) is 5.79 Å². The van der Waals surface area contributed by atoms with E-state index in [0.717, 1.165) is 25.7 Å². The average Bonchev–Trinajstić information content (AvgIpc) is 2.91. The van der Waals surface area contributed by atoms with Crippen molar-refractivity contribution in [1.29, 1.82) is 0 Å². The summed E-state index contributed by atoms with van der Waals surface area (Å²) in [5, 5.41) is 0. The lowest BCUT2D eigenvalue weighted by atomic mass is 9.87. The van der Waals surface area contributed by atoms with Gasteiger partial charge in [0, 0.05) is 19.3 Å². The molecule has 1 aliphatic carbocycles. The molecule has 112 valence electrons. The molecule has 1 heterocycles. The molecule has 0 aromatic rings. The molecule has 1 saturated carbocycles. The third-order valence-corrected chi connectivity index (χ3v) is 4.03. The summed E-state index contributed by atoms with van der Waals surface area (Å²) >= 11 is 0. The normalized spacial score (nSPS) is 20.9. The predicted molar refractivity (Wildman–Crippen MR) is 76.2 cm³/mol. The molecule has 1 spiro atoms. The fraction of sp³-hybridized carbons (Fsp3) is 0.688. The van der Waals surface area contributed by atoms with Crippen molar-refractivity contribution < 1.29 is 19.0 Å². The molecule has 0 N–H and O–H groups in total. The maximum absolute atomic E-state index is 11.5. The fourth-order valence-corrected chi connectivity index (χ4v) is 2.73. The van der Waals surface area contributed by atoms with Gasteiger partial charge in [0.1, 0.15) is 6.61 Å². The van der Waals surface area contributed by atoms with Crippen LogP contribution in [-0.4, -0.2) is 31.6 Å². The maximum Gasteiger partial charge on any atom is 0.306 e. The Kier molecular flexibility index (Phi) is 5.38. The minimum absolute atomic E-state index is 0.153. The number of carbonyl (C=O) groups excluding carboxylic acids is 1. The van der Waals surface area contributed by atoms with Crippen molar-refractivity contribution in [2.45, 2.75) is 51.2 Å². The lowest BCUT2D eigenvalue weighted by Crippen LogP contribution is -2.33. The van der Waals surface area contributed by atoms with Crippen molar-refractivity contribution in [2.24, 2.45) is 0 Å². The van der Waals surface area contributed by atoms with Gasteiger partial charge in [0.25, 0.3) is 0 Å². The van der Waals surface area contributed by atoms with Crippen molar-refractivity contribution in [1.82, 2.24) is 0 Å². The van der Waals surface area contributed by atoms with E-state index in [9.17, 15) is 4.79 Å². The van der Waals surface area contributed by atoms with E-state index >= 15 is 0 Å². The monoisotopic (exact) mass is 280 g/mol. The molecule has 20 heavy (non-hydrogen) atoms.